The smallest absolute Gasteiger partial charge is 0.262 e. The predicted molar refractivity (Wildman–Crippen MR) is 83.2 cm³/mol. The number of carbonyl (C=O) groups excluding carboxylic acids is 1. The van der Waals surface area contributed by atoms with Gasteiger partial charge < -0.3 is 14.8 Å². The average Bonchev–Trinajstić information content (AvgIpc) is 2.56. The lowest BCUT2D eigenvalue weighted by Gasteiger charge is -2.12. The minimum Gasteiger partial charge on any atom is -0.493 e. The number of benzene rings is 2. The van der Waals surface area contributed by atoms with E-state index in [4.69, 9.17) is 26.3 Å². The number of nitrogens with one attached hydrogen (secondary N) is 1. The molecule has 0 aliphatic rings. The number of carbonyl (C=O) groups is 1. The minimum atomic E-state index is -1.08. The third-order valence-electron chi connectivity index (χ3n) is 2.91. The van der Waals surface area contributed by atoms with Gasteiger partial charge in [0.2, 0.25) is 0 Å². The van der Waals surface area contributed by atoms with Crippen LogP contribution >= 0.6 is 11.6 Å². The van der Waals surface area contributed by atoms with Crippen LogP contribution in [0.2, 0.25) is 5.02 Å². The average molecular weight is 353 g/mol. The minimum absolute atomic E-state index is 0.0837. The van der Waals surface area contributed by atoms with Crippen LogP contribution in [0.1, 0.15) is 5.56 Å². The Morgan fingerprint density at radius 1 is 1.29 bits per heavy atom. The normalized spacial score (nSPS) is 9.96. The molecule has 124 valence electrons. The van der Waals surface area contributed by atoms with Gasteiger partial charge in [0.05, 0.1) is 23.8 Å². The molecule has 1 N–H and O–H groups in total. The van der Waals surface area contributed by atoms with Gasteiger partial charge >= 0.3 is 0 Å². The van der Waals surface area contributed by atoms with E-state index >= 15 is 0 Å². The SMILES string of the molecule is COc1cc(C#N)cc(Cl)c1OCC(=O)Nc1ccc(F)c(F)c1. The second-order valence-corrected chi connectivity index (χ2v) is 4.97. The molecule has 2 aromatic rings. The van der Waals surface area contributed by atoms with Crippen LogP contribution in [0.15, 0.2) is 30.3 Å². The Morgan fingerprint density at radius 2 is 2.04 bits per heavy atom. The van der Waals surface area contributed by atoms with Crippen molar-refractivity contribution in [3.63, 3.8) is 0 Å². The molecular formula is C16H11ClF2N2O3. The summed E-state index contributed by atoms with van der Waals surface area (Å²) >= 11 is 5.99. The summed E-state index contributed by atoms with van der Waals surface area (Å²) < 4.78 is 36.3. The highest BCUT2D eigenvalue weighted by Crippen LogP contribution is 2.36. The van der Waals surface area contributed by atoms with Gasteiger partial charge in [-0.2, -0.15) is 5.26 Å². The van der Waals surface area contributed by atoms with Gasteiger partial charge in [-0.15, -0.1) is 0 Å². The van der Waals surface area contributed by atoms with Crippen molar-refractivity contribution in [3.05, 3.63) is 52.6 Å². The quantitative estimate of drug-likeness (QED) is 0.893. The molecule has 0 saturated carbocycles. The Bertz CT molecular complexity index is 822. The van der Waals surface area contributed by atoms with Crippen molar-refractivity contribution < 1.29 is 23.0 Å². The lowest BCUT2D eigenvalue weighted by molar-refractivity contribution is -0.118. The summed E-state index contributed by atoms with van der Waals surface area (Å²) in [6.07, 6.45) is 0. The summed E-state index contributed by atoms with van der Waals surface area (Å²) in [5.41, 5.74) is 0.357. The van der Waals surface area contributed by atoms with Gasteiger partial charge in [-0.1, -0.05) is 11.6 Å². The fourth-order valence-corrected chi connectivity index (χ4v) is 2.10. The van der Waals surface area contributed by atoms with Crippen molar-refractivity contribution in [1.82, 2.24) is 0 Å². The molecule has 0 radical (unpaired) electrons. The number of anilines is 1. The summed E-state index contributed by atoms with van der Waals surface area (Å²) in [6, 6.07) is 7.65. The molecule has 0 saturated heterocycles. The zero-order chi connectivity index (χ0) is 17.7. The monoisotopic (exact) mass is 352 g/mol. The van der Waals surface area contributed by atoms with Gasteiger partial charge in [0.25, 0.3) is 5.91 Å². The van der Waals surface area contributed by atoms with E-state index in [1.54, 1.807) is 0 Å². The zero-order valence-corrected chi connectivity index (χ0v) is 13.2. The Balaban J connectivity index is 2.06. The topological polar surface area (TPSA) is 71.3 Å². The molecule has 2 rings (SSSR count). The van der Waals surface area contributed by atoms with Crippen LogP contribution < -0.4 is 14.8 Å². The molecule has 0 bridgehead atoms. The van der Waals surface area contributed by atoms with E-state index in [0.717, 1.165) is 12.1 Å². The van der Waals surface area contributed by atoms with Gasteiger partial charge in [-0.25, -0.2) is 8.78 Å². The Morgan fingerprint density at radius 3 is 2.67 bits per heavy atom. The Hall–Kier alpha value is -2.85. The largest absolute Gasteiger partial charge is 0.493 e. The van der Waals surface area contributed by atoms with E-state index in [-0.39, 0.29) is 27.8 Å². The summed E-state index contributed by atoms with van der Waals surface area (Å²) in [7, 11) is 1.36. The van der Waals surface area contributed by atoms with Crippen LogP contribution in [-0.2, 0) is 4.79 Å². The summed E-state index contributed by atoms with van der Waals surface area (Å²) in [4.78, 5) is 11.8. The molecule has 0 spiro atoms. The summed E-state index contributed by atoms with van der Waals surface area (Å²) in [5.74, 6) is -2.41. The number of halogens is 3. The summed E-state index contributed by atoms with van der Waals surface area (Å²) in [6.45, 7) is -0.443. The maximum Gasteiger partial charge on any atom is 0.262 e. The molecule has 8 heteroatoms. The van der Waals surface area contributed by atoms with Gasteiger partial charge in [0.1, 0.15) is 0 Å². The molecule has 0 aromatic heterocycles. The third-order valence-corrected chi connectivity index (χ3v) is 3.19. The highest BCUT2D eigenvalue weighted by Gasteiger charge is 2.14. The molecule has 0 heterocycles. The van der Waals surface area contributed by atoms with E-state index in [0.29, 0.717) is 0 Å². The molecular weight excluding hydrogens is 342 g/mol. The standard InChI is InChI=1S/C16H11ClF2N2O3/c1-23-14-5-9(7-20)4-11(17)16(14)24-8-15(22)21-10-2-3-12(18)13(19)6-10/h2-6H,8H2,1H3,(H,21,22). The van der Waals surface area contributed by atoms with Crippen LogP contribution in [0.3, 0.4) is 0 Å². The molecule has 0 fully saturated rings. The molecule has 2 aromatic carbocycles. The first-order valence-electron chi connectivity index (χ1n) is 6.60. The summed E-state index contributed by atoms with van der Waals surface area (Å²) in [5, 5.41) is 11.3. The number of nitrogens with zero attached hydrogens (tertiary/aromatic N) is 1. The zero-order valence-electron chi connectivity index (χ0n) is 12.4. The second kappa shape index (κ2) is 7.62. The van der Waals surface area contributed by atoms with Crippen molar-refractivity contribution in [2.75, 3.05) is 19.0 Å². The third kappa shape index (κ3) is 4.12. The highest BCUT2D eigenvalue weighted by atomic mass is 35.5. The molecule has 24 heavy (non-hydrogen) atoms. The maximum atomic E-state index is 13.1. The van der Waals surface area contributed by atoms with E-state index in [9.17, 15) is 13.6 Å². The second-order valence-electron chi connectivity index (χ2n) is 4.57. The van der Waals surface area contributed by atoms with Gasteiger partial charge in [-0.3, -0.25) is 4.79 Å². The first-order valence-corrected chi connectivity index (χ1v) is 6.97. The lowest BCUT2D eigenvalue weighted by atomic mass is 10.2. The van der Waals surface area contributed by atoms with Crippen molar-refractivity contribution in [2.45, 2.75) is 0 Å². The van der Waals surface area contributed by atoms with Crippen LogP contribution in [0.4, 0.5) is 14.5 Å². The van der Waals surface area contributed by atoms with Crippen molar-refractivity contribution in [3.8, 4) is 17.6 Å². The molecule has 0 aliphatic heterocycles. The Kier molecular flexibility index (Phi) is 5.55. The molecule has 0 aliphatic carbocycles. The number of methoxy groups -OCH3 is 1. The fraction of sp³-hybridized carbons (Fsp3) is 0.125. The Labute approximate surface area is 141 Å². The maximum absolute atomic E-state index is 13.1. The fourth-order valence-electron chi connectivity index (χ4n) is 1.83. The number of amides is 1. The van der Waals surface area contributed by atoms with Crippen molar-refractivity contribution >= 4 is 23.2 Å². The van der Waals surface area contributed by atoms with Crippen molar-refractivity contribution in [2.24, 2.45) is 0 Å². The van der Waals surface area contributed by atoms with Crippen LogP contribution in [0.25, 0.3) is 0 Å². The molecule has 5 nitrogen and oxygen atoms in total. The number of hydrogen-bond acceptors (Lipinski definition) is 4. The lowest BCUT2D eigenvalue weighted by Crippen LogP contribution is -2.20. The first kappa shape index (κ1) is 17.5. The van der Waals surface area contributed by atoms with Crippen LogP contribution in [0.5, 0.6) is 11.5 Å². The predicted octanol–water partition coefficient (Wildman–Crippen LogP) is 3.52. The van der Waals surface area contributed by atoms with E-state index in [2.05, 4.69) is 5.32 Å². The number of ether oxygens (including phenoxy) is 2. The van der Waals surface area contributed by atoms with Gasteiger partial charge in [0.15, 0.2) is 29.7 Å². The molecule has 0 unspecified atom stereocenters. The van der Waals surface area contributed by atoms with E-state index < -0.39 is 24.1 Å². The van der Waals surface area contributed by atoms with Crippen LogP contribution in [-0.4, -0.2) is 19.6 Å². The van der Waals surface area contributed by atoms with Gasteiger partial charge in [-0.05, 0) is 18.2 Å². The van der Waals surface area contributed by atoms with Crippen molar-refractivity contribution in [1.29, 1.82) is 5.26 Å². The van der Waals surface area contributed by atoms with E-state index in [1.165, 1.54) is 25.3 Å². The highest BCUT2D eigenvalue weighted by molar-refractivity contribution is 6.32. The number of nitriles is 1. The van der Waals surface area contributed by atoms with Crippen LogP contribution in [0, 0.1) is 23.0 Å². The van der Waals surface area contributed by atoms with E-state index in [1.807, 2.05) is 6.07 Å². The number of rotatable bonds is 5. The van der Waals surface area contributed by atoms with Gasteiger partial charge in [0, 0.05) is 17.8 Å². The number of hydrogen-bond donors (Lipinski definition) is 1. The molecule has 1 amide bonds. The first-order chi connectivity index (χ1) is 11.4. The molecule has 0 atom stereocenters.